The van der Waals surface area contributed by atoms with E-state index in [0.717, 1.165) is 41.9 Å². The lowest BCUT2D eigenvalue weighted by molar-refractivity contribution is 0.0884. The van der Waals surface area contributed by atoms with Gasteiger partial charge in [0.25, 0.3) is 11.8 Å². The number of aryl methyl sites for hydroxylation is 1. The molecule has 5 rings (SSSR count). The van der Waals surface area contributed by atoms with Gasteiger partial charge in [-0.3, -0.25) is 9.59 Å². The molecular weight excluding hydrogens is 504 g/mol. The molecule has 2 amide bonds. The Kier molecular flexibility index (Phi) is 6.80. The third kappa shape index (κ3) is 4.74. The normalized spacial score (nSPS) is 21.2. The van der Waals surface area contributed by atoms with Crippen LogP contribution in [0.25, 0.3) is 5.52 Å². The summed E-state index contributed by atoms with van der Waals surface area (Å²) in [5.41, 5.74) is 7.41. The highest BCUT2D eigenvalue weighted by Crippen LogP contribution is 2.35. The first-order chi connectivity index (χ1) is 17.3. The van der Waals surface area contributed by atoms with Crippen LogP contribution in [0, 0.1) is 12.3 Å². The lowest BCUT2D eigenvalue weighted by Gasteiger charge is -2.49. The van der Waals surface area contributed by atoms with Crippen LogP contribution in [-0.4, -0.2) is 69.2 Å². The Labute approximate surface area is 217 Å². The maximum absolute atomic E-state index is 13.0. The van der Waals surface area contributed by atoms with Gasteiger partial charge in [0, 0.05) is 30.4 Å². The van der Waals surface area contributed by atoms with Crippen LogP contribution in [0.4, 0.5) is 5.69 Å². The molecule has 192 valence electrons. The number of hydrogen-bond acceptors (Lipinski definition) is 8. The molecule has 1 saturated heterocycles. The standard InChI is InChI=1S/C24H29ClN6O4S/c1-14-28-23(20(36-14)21(26)33)35-17-5-2-15(3-6-17)29-22(34)18-8-27-31-9-16(4-7-19(18)31)30-11-24(10-25,12-30)13-32/h4,7-9,15,17,32H,2-3,5-6,10-13H2,1H3,(H2,26,33)(H,29,34). The first-order valence-electron chi connectivity index (χ1n) is 11.9. The van der Waals surface area contributed by atoms with Crippen LogP contribution in [-0.2, 0) is 0 Å². The van der Waals surface area contributed by atoms with Gasteiger partial charge in [0.2, 0.25) is 5.88 Å². The minimum absolute atomic E-state index is 0.0302. The summed E-state index contributed by atoms with van der Waals surface area (Å²) < 4.78 is 7.68. The molecule has 0 atom stereocenters. The van der Waals surface area contributed by atoms with Gasteiger partial charge in [-0.25, -0.2) is 9.50 Å². The van der Waals surface area contributed by atoms with E-state index >= 15 is 0 Å². The number of aliphatic hydroxyl groups is 1. The topological polar surface area (TPSA) is 135 Å². The zero-order valence-electron chi connectivity index (χ0n) is 19.9. The number of primary amides is 1. The monoisotopic (exact) mass is 532 g/mol. The average Bonchev–Trinajstić information content (AvgIpc) is 3.43. The minimum Gasteiger partial charge on any atom is -0.473 e. The first-order valence-corrected chi connectivity index (χ1v) is 13.3. The Bertz CT molecular complexity index is 1270. The van der Waals surface area contributed by atoms with E-state index in [9.17, 15) is 14.7 Å². The third-order valence-corrected chi connectivity index (χ3v) is 8.53. The summed E-state index contributed by atoms with van der Waals surface area (Å²) >= 11 is 7.25. The molecule has 1 saturated carbocycles. The van der Waals surface area contributed by atoms with Crippen molar-refractivity contribution in [2.75, 3.05) is 30.5 Å². The number of nitrogens with one attached hydrogen (secondary N) is 1. The van der Waals surface area contributed by atoms with E-state index in [-0.39, 0.29) is 30.1 Å². The molecule has 2 fully saturated rings. The van der Waals surface area contributed by atoms with E-state index in [2.05, 4.69) is 20.3 Å². The molecular formula is C24H29ClN6O4S. The highest BCUT2D eigenvalue weighted by atomic mass is 35.5. The minimum atomic E-state index is -0.532. The van der Waals surface area contributed by atoms with Crippen LogP contribution in [0.3, 0.4) is 0 Å². The van der Waals surface area contributed by atoms with Gasteiger partial charge in [-0.15, -0.1) is 22.9 Å². The summed E-state index contributed by atoms with van der Waals surface area (Å²) in [5, 5.41) is 17.8. The van der Waals surface area contributed by atoms with E-state index in [1.54, 1.807) is 10.7 Å². The lowest BCUT2D eigenvalue weighted by Crippen LogP contribution is -2.59. The molecule has 1 aliphatic carbocycles. The molecule has 3 aromatic rings. The molecule has 10 nitrogen and oxygen atoms in total. The number of fused-ring (bicyclic) bond motifs is 1. The number of pyridine rings is 1. The molecule has 4 heterocycles. The quantitative estimate of drug-likeness (QED) is 0.379. The average molecular weight is 533 g/mol. The molecule has 12 heteroatoms. The van der Waals surface area contributed by atoms with E-state index in [1.807, 2.05) is 25.3 Å². The van der Waals surface area contributed by atoms with Crippen molar-refractivity contribution in [3.05, 3.63) is 40.0 Å². The van der Waals surface area contributed by atoms with E-state index in [1.165, 1.54) is 11.3 Å². The van der Waals surface area contributed by atoms with E-state index in [0.29, 0.717) is 35.3 Å². The van der Waals surface area contributed by atoms with Crippen LogP contribution in [0.2, 0.25) is 0 Å². The van der Waals surface area contributed by atoms with Crippen LogP contribution >= 0.6 is 22.9 Å². The number of hydrogen-bond donors (Lipinski definition) is 3. The number of nitrogens with two attached hydrogens (primary N) is 1. The fraction of sp³-hybridized carbons (Fsp3) is 0.500. The van der Waals surface area contributed by atoms with E-state index in [4.69, 9.17) is 22.1 Å². The maximum Gasteiger partial charge on any atom is 0.264 e. The van der Waals surface area contributed by atoms with Crippen molar-refractivity contribution in [2.45, 2.75) is 44.8 Å². The van der Waals surface area contributed by atoms with Crippen molar-refractivity contribution in [3.63, 3.8) is 0 Å². The zero-order chi connectivity index (χ0) is 25.4. The number of carbonyl (C=O) groups excluding carboxylic acids is 2. The number of rotatable bonds is 8. The Morgan fingerprint density at radius 2 is 2.06 bits per heavy atom. The third-order valence-electron chi connectivity index (χ3n) is 7.00. The van der Waals surface area contributed by atoms with Gasteiger partial charge in [0.05, 0.1) is 40.8 Å². The Hall–Kier alpha value is -2.89. The highest BCUT2D eigenvalue weighted by Gasteiger charge is 2.42. The molecule has 3 aromatic heterocycles. The van der Waals surface area contributed by atoms with Crippen LogP contribution in [0.15, 0.2) is 24.5 Å². The second kappa shape index (κ2) is 9.87. The molecule has 1 aliphatic heterocycles. The van der Waals surface area contributed by atoms with Crippen molar-refractivity contribution in [2.24, 2.45) is 11.1 Å². The second-order valence-corrected chi connectivity index (χ2v) is 11.2. The number of anilines is 1. The van der Waals surface area contributed by atoms with Crippen LogP contribution in [0.1, 0.15) is 50.7 Å². The number of nitrogens with zero attached hydrogens (tertiary/aromatic N) is 4. The molecule has 36 heavy (non-hydrogen) atoms. The van der Waals surface area contributed by atoms with Gasteiger partial charge in [-0.2, -0.15) is 5.10 Å². The van der Waals surface area contributed by atoms with Gasteiger partial charge >= 0.3 is 0 Å². The fourth-order valence-corrected chi connectivity index (χ4v) is 5.86. The smallest absolute Gasteiger partial charge is 0.264 e. The Balaban J connectivity index is 1.17. The Morgan fingerprint density at radius 1 is 1.31 bits per heavy atom. The van der Waals surface area contributed by atoms with Gasteiger partial charge in [0.15, 0.2) is 4.88 Å². The number of aliphatic hydroxyl groups excluding tert-OH is 1. The van der Waals surface area contributed by atoms with Crippen molar-refractivity contribution in [1.29, 1.82) is 0 Å². The first kappa shape index (κ1) is 24.8. The number of ether oxygens (including phenoxy) is 1. The lowest BCUT2D eigenvalue weighted by atomic mass is 9.82. The van der Waals surface area contributed by atoms with Crippen molar-refractivity contribution in [1.82, 2.24) is 19.9 Å². The van der Waals surface area contributed by atoms with Gasteiger partial charge in [-0.05, 0) is 44.7 Å². The van der Waals surface area contributed by atoms with Crippen LogP contribution in [0.5, 0.6) is 5.88 Å². The maximum atomic E-state index is 13.0. The number of aromatic nitrogens is 3. The molecule has 0 aromatic carbocycles. The number of thiazole rings is 1. The summed E-state index contributed by atoms with van der Waals surface area (Å²) in [7, 11) is 0. The fourth-order valence-electron chi connectivity index (χ4n) is 4.90. The number of halogens is 1. The van der Waals surface area contributed by atoms with Crippen molar-refractivity contribution >= 4 is 46.0 Å². The number of carbonyl (C=O) groups is 2. The predicted molar refractivity (Wildman–Crippen MR) is 137 cm³/mol. The second-order valence-electron chi connectivity index (χ2n) is 9.72. The van der Waals surface area contributed by atoms with Gasteiger partial charge in [0.1, 0.15) is 6.10 Å². The molecule has 0 radical (unpaired) electrons. The summed E-state index contributed by atoms with van der Waals surface area (Å²) in [4.78, 5) is 31.4. The number of alkyl halides is 1. The molecule has 0 spiro atoms. The predicted octanol–water partition coefficient (Wildman–Crippen LogP) is 2.36. The SMILES string of the molecule is Cc1nc(OC2CCC(NC(=O)c3cnn4cc(N5CC(CO)(CCl)C5)ccc34)CC2)c(C(N)=O)s1. The zero-order valence-corrected chi connectivity index (χ0v) is 21.5. The summed E-state index contributed by atoms with van der Waals surface area (Å²) in [6.07, 6.45) is 6.42. The van der Waals surface area contributed by atoms with Gasteiger partial charge in [-0.1, -0.05) is 0 Å². The molecule has 2 aliphatic rings. The van der Waals surface area contributed by atoms with E-state index < -0.39 is 5.91 Å². The summed E-state index contributed by atoms with van der Waals surface area (Å²) in [5.74, 6) is 0.0432. The molecule has 0 unspecified atom stereocenters. The summed E-state index contributed by atoms with van der Waals surface area (Å²) in [6, 6.07) is 3.89. The molecule has 0 bridgehead atoms. The Morgan fingerprint density at radius 3 is 2.72 bits per heavy atom. The van der Waals surface area contributed by atoms with Crippen LogP contribution < -0.4 is 20.7 Å². The summed E-state index contributed by atoms with van der Waals surface area (Å²) in [6.45, 7) is 3.25. The molecule has 4 N–H and O–H groups in total. The van der Waals surface area contributed by atoms with Crippen molar-refractivity contribution < 1.29 is 19.4 Å². The number of amides is 2. The largest absolute Gasteiger partial charge is 0.473 e. The van der Waals surface area contributed by atoms with Crippen molar-refractivity contribution in [3.8, 4) is 5.88 Å². The van der Waals surface area contributed by atoms with Gasteiger partial charge < -0.3 is 25.8 Å². The highest BCUT2D eigenvalue weighted by molar-refractivity contribution is 7.13.